The van der Waals surface area contributed by atoms with Gasteiger partial charge in [-0.3, -0.25) is 0 Å². The summed E-state index contributed by atoms with van der Waals surface area (Å²) < 4.78 is 0. The molecule has 0 aromatic heterocycles. The first kappa shape index (κ1) is 16.0. The minimum Gasteiger partial charge on any atom is -0.507 e. The van der Waals surface area contributed by atoms with E-state index in [-0.39, 0.29) is 16.9 Å². The molecule has 19 heavy (non-hydrogen) atoms. The Kier molecular flexibility index (Phi) is 4.36. The van der Waals surface area contributed by atoms with Gasteiger partial charge in [0, 0.05) is 6.04 Å². The van der Waals surface area contributed by atoms with Crippen LogP contribution in [0.15, 0.2) is 12.1 Å². The van der Waals surface area contributed by atoms with Gasteiger partial charge >= 0.3 is 0 Å². The highest BCUT2D eigenvalue weighted by atomic mass is 16.3. The van der Waals surface area contributed by atoms with Crippen LogP contribution in [0.4, 0.5) is 0 Å². The van der Waals surface area contributed by atoms with Gasteiger partial charge in [0.25, 0.3) is 0 Å². The Balaban J connectivity index is 3.57. The number of benzene rings is 1. The number of phenols is 1. The van der Waals surface area contributed by atoms with Gasteiger partial charge in [-0.2, -0.15) is 0 Å². The van der Waals surface area contributed by atoms with Crippen LogP contribution in [0, 0.1) is 0 Å². The second-order valence-corrected chi connectivity index (χ2v) is 7.48. The summed E-state index contributed by atoms with van der Waals surface area (Å²) in [7, 11) is 0. The van der Waals surface area contributed by atoms with Gasteiger partial charge in [-0.05, 0) is 33.9 Å². The van der Waals surface area contributed by atoms with Crippen LogP contribution in [-0.4, -0.2) is 5.11 Å². The first-order valence-electron chi connectivity index (χ1n) is 7.12. The van der Waals surface area contributed by atoms with Crippen molar-refractivity contribution in [3.8, 4) is 5.75 Å². The Morgan fingerprint density at radius 1 is 1.00 bits per heavy atom. The van der Waals surface area contributed by atoms with Crippen LogP contribution in [0.2, 0.25) is 0 Å². The maximum atomic E-state index is 10.6. The van der Waals surface area contributed by atoms with Gasteiger partial charge in [-0.1, -0.05) is 60.6 Å². The van der Waals surface area contributed by atoms with Crippen molar-refractivity contribution in [1.29, 1.82) is 0 Å². The highest BCUT2D eigenvalue weighted by Crippen LogP contribution is 2.40. The lowest BCUT2D eigenvalue weighted by atomic mass is 9.77. The van der Waals surface area contributed by atoms with Crippen molar-refractivity contribution in [2.75, 3.05) is 0 Å². The van der Waals surface area contributed by atoms with Gasteiger partial charge in [0.1, 0.15) is 5.75 Å². The molecule has 2 heteroatoms. The molecule has 0 aliphatic rings. The minimum atomic E-state index is -0.0897. The lowest BCUT2D eigenvalue weighted by molar-refractivity contribution is 0.422. The minimum absolute atomic E-state index is 0.0304. The van der Waals surface area contributed by atoms with E-state index in [0.29, 0.717) is 5.75 Å². The summed E-state index contributed by atoms with van der Waals surface area (Å²) in [6, 6.07) is 4.17. The smallest absolute Gasteiger partial charge is 0.123 e. The van der Waals surface area contributed by atoms with E-state index < -0.39 is 0 Å². The van der Waals surface area contributed by atoms with Crippen LogP contribution < -0.4 is 5.73 Å². The monoisotopic (exact) mass is 263 g/mol. The van der Waals surface area contributed by atoms with Crippen LogP contribution in [-0.2, 0) is 10.8 Å². The van der Waals surface area contributed by atoms with Gasteiger partial charge in [-0.15, -0.1) is 0 Å². The zero-order chi connectivity index (χ0) is 15.0. The molecule has 0 fully saturated rings. The zero-order valence-electron chi connectivity index (χ0n) is 13.5. The molecule has 1 aromatic carbocycles. The summed E-state index contributed by atoms with van der Waals surface area (Å²) in [5.41, 5.74) is 9.10. The number of phenolic OH excluding ortho intramolecular Hbond substituents is 1. The van der Waals surface area contributed by atoms with Gasteiger partial charge in [-0.25, -0.2) is 0 Å². The summed E-state index contributed by atoms with van der Waals surface area (Å²) in [5, 5.41) is 10.6. The third-order valence-electron chi connectivity index (χ3n) is 3.62. The molecule has 0 aliphatic carbocycles. The molecular formula is C17H29NO. The summed E-state index contributed by atoms with van der Waals surface area (Å²) in [6.07, 6.45) is 0.901. The van der Waals surface area contributed by atoms with Crippen molar-refractivity contribution in [2.24, 2.45) is 5.73 Å². The average molecular weight is 263 g/mol. The fourth-order valence-electron chi connectivity index (χ4n) is 2.25. The normalized spacial score (nSPS) is 14.5. The molecule has 0 saturated heterocycles. The Labute approximate surface area is 118 Å². The Bertz CT molecular complexity index is 414. The summed E-state index contributed by atoms with van der Waals surface area (Å²) in [5.74, 6) is 0.423. The van der Waals surface area contributed by atoms with E-state index in [2.05, 4.69) is 60.6 Å². The van der Waals surface area contributed by atoms with Crippen molar-refractivity contribution < 1.29 is 5.11 Å². The highest BCUT2D eigenvalue weighted by molar-refractivity contribution is 5.50. The van der Waals surface area contributed by atoms with Gasteiger partial charge < -0.3 is 10.8 Å². The quantitative estimate of drug-likeness (QED) is 0.831. The van der Waals surface area contributed by atoms with Crippen LogP contribution >= 0.6 is 0 Å². The van der Waals surface area contributed by atoms with E-state index in [1.807, 2.05) is 0 Å². The van der Waals surface area contributed by atoms with Gasteiger partial charge in [0.2, 0.25) is 0 Å². The number of aromatic hydroxyl groups is 1. The van der Waals surface area contributed by atoms with Crippen LogP contribution in [0.5, 0.6) is 5.75 Å². The van der Waals surface area contributed by atoms with E-state index in [1.54, 1.807) is 0 Å². The molecule has 0 bridgehead atoms. The maximum Gasteiger partial charge on any atom is 0.123 e. The molecule has 1 atom stereocenters. The van der Waals surface area contributed by atoms with Crippen molar-refractivity contribution in [3.63, 3.8) is 0 Å². The Morgan fingerprint density at radius 2 is 1.37 bits per heavy atom. The van der Waals surface area contributed by atoms with E-state index in [1.165, 1.54) is 0 Å². The molecule has 1 rings (SSSR count). The molecule has 0 heterocycles. The lowest BCUT2D eigenvalue weighted by Crippen LogP contribution is -2.20. The van der Waals surface area contributed by atoms with Crippen molar-refractivity contribution in [2.45, 2.75) is 71.8 Å². The second-order valence-electron chi connectivity index (χ2n) is 7.48. The van der Waals surface area contributed by atoms with Crippen LogP contribution in [0.1, 0.15) is 77.6 Å². The fraction of sp³-hybridized carbons (Fsp3) is 0.647. The van der Waals surface area contributed by atoms with E-state index in [0.717, 1.165) is 23.1 Å². The molecule has 0 radical (unpaired) electrons. The molecule has 0 saturated carbocycles. The van der Waals surface area contributed by atoms with Crippen molar-refractivity contribution >= 4 is 0 Å². The Morgan fingerprint density at radius 3 is 1.63 bits per heavy atom. The molecular weight excluding hydrogens is 234 g/mol. The second kappa shape index (κ2) is 5.16. The summed E-state index contributed by atoms with van der Waals surface area (Å²) in [6.45, 7) is 14.8. The number of hydrogen-bond acceptors (Lipinski definition) is 2. The molecule has 2 nitrogen and oxygen atoms in total. The fourth-order valence-corrected chi connectivity index (χ4v) is 2.25. The van der Waals surface area contributed by atoms with E-state index >= 15 is 0 Å². The average Bonchev–Trinajstić information content (AvgIpc) is 2.25. The summed E-state index contributed by atoms with van der Waals surface area (Å²) >= 11 is 0. The SMILES string of the molecule is CC[C@@H](N)c1cc(C(C)(C)C)c(O)c(C(C)(C)C)c1. The summed E-state index contributed by atoms with van der Waals surface area (Å²) in [4.78, 5) is 0. The third-order valence-corrected chi connectivity index (χ3v) is 3.62. The van der Waals surface area contributed by atoms with Gasteiger partial charge in [0.15, 0.2) is 0 Å². The maximum absolute atomic E-state index is 10.6. The topological polar surface area (TPSA) is 46.2 Å². The Hall–Kier alpha value is -1.02. The third kappa shape index (κ3) is 3.50. The predicted octanol–water partition coefficient (Wildman–Crippen LogP) is 4.40. The molecule has 0 aliphatic heterocycles. The first-order chi connectivity index (χ1) is 8.48. The molecule has 0 amide bonds. The lowest BCUT2D eigenvalue weighted by Gasteiger charge is -2.29. The first-order valence-corrected chi connectivity index (χ1v) is 7.12. The van der Waals surface area contributed by atoms with Gasteiger partial charge in [0.05, 0.1) is 0 Å². The van der Waals surface area contributed by atoms with Crippen LogP contribution in [0.25, 0.3) is 0 Å². The molecule has 3 N–H and O–H groups in total. The predicted molar refractivity (Wildman–Crippen MR) is 82.7 cm³/mol. The largest absolute Gasteiger partial charge is 0.507 e. The van der Waals surface area contributed by atoms with Crippen molar-refractivity contribution in [1.82, 2.24) is 0 Å². The molecule has 0 spiro atoms. The van der Waals surface area contributed by atoms with E-state index in [9.17, 15) is 5.11 Å². The number of rotatable bonds is 2. The van der Waals surface area contributed by atoms with Crippen LogP contribution in [0.3, 0.4) is 0 Å². The van der Waals surface area contributed by atoms with Crippen molar-refractivity contribution in [3.05, 3.63) is 28.8 Å². The molecule has 108 valence electrons. The zero-order valence-corrected chi connectivity index (χ0v) is 13.5. The van der Waals surface area contributed by atoms with E-state index in [4.69, 9.17) is 5.73 Å². The number of hydrogen-bond donors (Lipinski definition) is 2. The molecule has 1 aromatic rings. The molecule has 0 unspecified atom stereocenters. The highest BCUT2D eigenvalue weighted by Gasteiger charge is 2.27. The number of nitrogens with two attached hydrogens (primary N) is 1. The standard InChI is InChI=1S/C17H29NO/c1-8-14(18)11-9-12(16(2,3)4)15(19)13(10-11)17(5,6)7/h9-10,14,19H,8,18H2,1-7H3/t14-/m1/s1.